The molecule has 17 heavy (non-hydrogen) atoms. The fourth-order valence-corrected chi connectivity index (χ4v) is 3.23. The lowest BCUT2D eigenvalue weighted by Gasteiger charge is -2.08. The van der Waals surface area contributed by atoms with Crippen LogP contribution in [0.1, 0.15) is 24.7 Å². The van der Waals surface area contributed by atoms with Crippen molar-refractivity contribution in [2.45, 2.75) is 26.7 Å². The van der Waals surface area contributed by atoms with E-state index >= 15 is 0 Å². The van der Waals surface area contributed by atoms with E-state index in [1.54, 1.807) is 11.3 Å². The molecule has 5 heteroatoms. The van der Waals surface area contributed by atoms with Gasteiger partial charge in [0.1, 0.15) is 11.0 Å². The Bertz CT molecular complexity index is 539. The van der Waals surface area contributed by atoms with Gasteiger partial charge in [-0.3, -0.25) is 0 Å². The average Bonchev–Trinajstić information content (AvgIpc) is 2.70. The van der Waals surface area contributed by atoms with Gasteiger partial charge in [-0.25, -0.2) is 9.97 Å². The Morgan fingerprint density at radius 1 is 1.35 bits per heavy atom. The van der Waals surface area contributed by atoms with Crippen molar-refractivity contribution < 1.29 is 0 Å². The van der Waals surface area contributed by atoms with Crippen molar-refractivity contribution in [2.24, 2.45) is 0 Å². The summed E-state index contributed by atoms with van der Waals surface area (Å²) in [5, 5.41) is 4.67. The molecule has 0 aliphatic rings. The van der Waals surface area contributed by atoms with Gasteiger partial charge in [-0.15, -0.1) is 0 Å². The second-order valence-corrected chi connectivity index (χ2v) is 5.74. The molecule has 0 unspecified atom stereocenters. The van der Waals surface area contributed by atoms with Crippen LogP contribution in [-0.4, -0.2) is 9.97 Å². The van der Waals surface area contributed by atoms with E-state index in [-0.39, 0.29) is 0 Å². The van der Waals surface area contributed by atoms with Gasteiger partial charge in [-0.1, -0.05) is 18.5 Å². The summed E-state index contributed by atoms with van der Waals surface area (Å²) in [4.78, 5) is 8.91. The first kappa shape index (κ1) is 13.0. The van der Waals surface area contributed by atoms with Crippen LogP contribution in [-0.2, 0) is 6.42 Å². The fourth-order valence-electron chi connectivity index (χ4n) is 1.58. The third kappa shape index (κ3) is 2.69. The van der Waals surface area contributed by atoms with E-state index < -0.39 is 0 Å². The largest absolute Gasteiger partial charge is 0.232 e. The van der Waals surface area contributed by atoms with Gasteiger partial charge >= 0.3 is 0 Å². The Labute approximate surface area is 118 Å². The first-order chi connectivity index (χ1) is 8.13. The van der Waals surface area contributed by atoms with Gasteiger partial charge in [-0.05, 0) is 29.3 Å². The minimum absolute atomic E-state index is 0.552. The number of thiophene rings is 1. The Morgan fingerprint density at radius 3 is 2.71 bits per heavy atom. The maximum Gasteiger partial charge on any atom is 0.136 e. The molecule has 2 aromatic rings. The lowest BCUT2D eigenvalue weighted by Crippen LogP contribution is -2.00. The van der Waals surface area contributed by atoms with Crippen LogP contribution in [0.15, 0.2) is 15.2 Å². The monoisotopic (exact) mass is 330 g/mol. The lowest BCUT2D eigenvalue weighted by molar-refractivity contribution is 0.833. The molecule has 2 heterocycles. The van der Waals surface area contributed by atoms with Crippen molar-refractivity contribution >= 4 is 38.9 Å². The molecule has 0 amide bonds. The fraction of sp³-hybridized carbons (Fsp3) is 0.333. The minimum Gasteiger partial charge on any atom is -0.232 e. The summed E-state index contributed by atoms with van der Waals surface area (Å²) >= 11 is 11.3. The van der Waals surface area contributed by atoms with Gasteiger partial charge in [0.25, 0.3) is 0 Å². The highest BCUT2D eigenvalue weighted by atomic mass is 79.9. The van der Waals surface area contributed by atoms with Gasteiger partial charge in [0.05, 0.1) is 5.69 Å². The van der Waals surface area contributed by atoms with Gasteiger partial charge in [0.2, 0.25) is 0 Å². The summed E-state index contributed by atoms with van der Waals surface area (Å²) in [5.41, 5.74) is 2.96. The summed E-state index contributed by atoms with van der Waals surface area (Å²) < 4.78 is 1.06. The lowest BCUT2D eigenvalue weighted by atomic mass is 10.1. The summed E-state index contributed by atoms with van der Waals surface area (Å²) in [7, 11) is 0. The number of hydrogen-bond donors (Lipinski definition) is 0. The molecular weight excluding hydrogens is 320 g/mol. The highest BCUT2D eigenvalue weighted by Crippen LogP contribution is 2.34. The molecule has 0 radical (unpaired) electrons. The topological polar surface area (TPSA) is 25.8 Å². The molecule has 0 aliphatic heterocycles. The molecule has 0 spiro atoms. The molecule has 0 N–H and O–H groups in total. The van der Waals surface area contributed by atoms with E-state index in [0.717, 1.165) is 40.0 Å². The summed E-state index contributed by atoms with van der Waals surface area (Å²) in [6, 6.07) is 0. The Balaban J connectivity index is 2.56. The van der Waals surface area contributed by atoms with E-state index in [4.69, 9.17) is 11.6 Å². The van der Waals surface area contributed by atoms with Crippen LogP contribution in [0.4, 0.5) is 0 Å². The van der Waals surface area contributed by atoms with Crippen LogP contribution < -0.4 is 0 Å². The van der Waals surface area contributed by atoms with Gasteiger partial charge in [0.15, 0.2) is 0 Å². The third-order valence-electron chi connectivity index (χ3n) is 2.48. The summed E-state index contributed by atoms with van der Waals surface area (Å²) in [5.74, 6) is 0.816. The maximum absolute atomic E-state index is 6.16. The predicted molar refractivity (Wildman–Crippen MR) is 76.8 cm³/mol. The molecule has 0 saturated carbocycles. The molecule has 0 saturated heterocycles. The van der Waals surface area contributed by atoms with E-state index in [2.05, 4.69) is 38.2 Å². The van der Waals surface area contributed by atoms with Gasteiger partial charge < -0.3 is 0 Å². The number of rotatable bonds is 3. The highest BCUT2D eigenvalue weighted by molar-refractivity contribution is 9.10. The molecule has 90 valence electrons. The second kappa shape index (κ2) is 5.46. The minimum atomic E-state index is 0.552. The number of halogens is 2. The van der Waals surface area contributed by atoms with Crippen molar-refractivity contribution in [3.63, 3.8) is 0 Å². The predicted octanol–water partition coefficient (Wildman–Crippen LogP) is 4.88. The highest BCUT2D eigenvalue weighted by Gasteiger charge is 2.13. The molecule has 0 fully saturated rings. The first-order valence-electron chi connectivity index (χ1n) is 5.38. The Kier molecular flexibility index (Phi) is 4.17. The number of nitrogens with zero attached hydrogens (tertiary/aromatic N) is 2. The smallest absolute Gasteiger partial charge is 0.136 e. The zero-order valence-electron chi connectivity index (χ0n) is 9.63. The third-order valence-corrected chi connectivity index (χ3v) is 4.55. The summed E-state index contributed by atoms with van der Waals surface area (Å²) in [6.45, 7) is 4.06. The molecule has 0 bridgehead atoms. The van der Waals surface area contributed by atoms with Crippen molar-refractivity contribution in [1.82, 2.24) is 9.97 Å². The van der Waals surface area contributed by atoms with Crippen molar-refractivity contribution in [1.29, 1.82) is 0 Å². The van der Waals surface area contributed by atoms with E-state index in [1.165, 1.54) is 0 Å². The Morgan fingerprint density at radius 2 is 2.12 bits per heavy atom. The Hall–Kier alpha value is -0.450. The van der Waals surface area contributed by atoms with Crippen LogP contribution >= 0.6 is 38.9 Å². The number of hydrogen-bond acceptors (Lipinski definition) is 3. The molecule has 0 aliphatic carbocycles. The van der Waals surface area contributed by atoms with Crippen molar-refractivity contribution in [2.75, 3.05) is 0 Å². The van der Waals surface area contributed by atoms with Crippen molar-refractivity contribution in [3.05, 3.63) is 31.8 Å². The van der Waals surface area contributed by atoms with Crippen molar-refractivity contribution in [3.8, 4) is 11.3 Å². The second-order valence-electron chi connectivity index (χ2n) is 3.79. The zero-order chi connectivity index (χ0) is 12.4. The van der Waals surface area contributed by atoms with Crippen LogP contribution in [0.25, 0.3) is 11.3 Å². The average molecular weight is 332 g/mol. The summed E-state index contributed by atoms with van der Waals surface area (Å²) in [6.07, 6.45) is 1.87. The first-order valence-corrected chi connectivity index (χ1v) is 7.50. The zero-order valence-corrected chi connectivity index (χ0v) is 12.8. The molecular formula is C12H12BrClN2S. The number of aromatic nitrogens is 2. The van der Waals surface area contributed by atoms with Crippen LogP contribution in [0.3, 0.4) is 0 Å². The van der Waals surface area contributed by atoms with E-state index in [9.17, 15) is 0 Å². The maximum atomic E-state index is 6.16. The van der Waals surface area contributed by atoms with Gasteiger partial charge in [-0.2, -0.15) is 11.3 Å². The van der Waals surface area contributed by atoms with Crippen LogP contribution in [0.2, 0.25) is 5.15 Å². The number of aryl methyl sites for hydroxylation is 1. The normalized spacial score (nSPS) is 10.8. The van der Waals surface area contributed by atoms with Gasteiger partial charge in [0, 0.05) is 32.8 Å². The quantitative estimate of drug-likeness (QED) is 0.749. The standard InChI is InChI=1S/C12H12BrClN2S/c1-3-4-10-15-11(7(2)12(14)16-10)8-5-17-6-9(8)13/h5-6H,3-4H2,1-2H3. The molecule has 2 rings (SSSR count). The molecule has 0 atom stereocenters. The molecule has 2 aromatic heterocycles. The van der Waals surface area contributed by atoms with Crippen LogP contribution in [0.5, 0.6) is 0 Å². The molecule has 2 nitrogen and oxygen atoms in total. The van der Waals surface area contributed by atoms with E-state index in [1.807, 2.05) is 12.3 Å². The van der Waals surface area contributed by atoms with E-state index in [0.29, 0.717) is 5.15 Å². The SMILES string of the molecule is CCCc1nc(Cl)c(C)c(-c2cscc2Br)n1. The van der Waals surface area contributed by atoms with Crippen LogP contribution in [0, 0.1) is 6.92 Å². The molecule has 0 aromatic carbocycles.